The number of nitrogens with zero attached hydrogens (tertiary/aromatic N) is 2. The number of rotatable bonds is 10. The van der Waals surface area contributed by atoms with Crippen LogP contribution in [0.5, 0.6) is 11.5 Å². The molecule has 2 amide bonds. The average molecular weight is 546 g/mol. The van der Waals surface area contributed by atoms with Crippen LogP contribution in [0, 0.1) is 6.92 Å². The van der Waals surface area contributed by atoms with Crippen molar-refractivity contribution in [1.82, 2.24) is 10.2 Å². The van der Waals surface area contributed by atoms with Crippen LogP contribution in [0.2, 0.25) is 0 Å². The smallest absolute Gasteiger partial charge is 0.242 e. The summed E-state index contributed by atoms with van der Waals surface area (Å²) in [5.41, 5.74) is 1.97. The molecule has 0 spiro atoms. The summed E-state index contributed by atoms with van der Waals surface area (Å²) in [6.45, 7) is 10.6. The maximum absolute atomic E-state index is 13.5. The molecule has 1 heterocycles. The lowest BCUT2D eigenvalue weighted by atomic mass is 10.1. The number of nitrogens with one attached hydrogen (secondary N) is 1. The zero-order valence-corrected chi connectivity index (χ0v) is 23.9. The summed E-state index contributed by atoms with van der Waals surface area (Å²) in [7, 11) is -3.62. The van der Waals surface area contributed by atoms with Gasteiger partial charge >= 0.3 is 0 Å². The molecule has 0 fully saturated rings. The van der Waals surface area contributed by atoms with Crippen molar-refractivity contribution in [2.24, 2.45) is 0 Å². The molecule has 1 aliphatic heterocycles. The molecule has 208 valence electrons. The zero-order chi connectivity index (χ0) is 28.1. The van der Waals surface area contributed by atoms with Crippen molar-refractivity contribution in [2.45, 2.75) is 65.6 Å². The lowest BCUT2D eigenvalue weighted by Gasteiger charge is -2.32. The van der Waals surface area contributed by atoms with Gasteiger partial charge in [-0.1, -0.05) is 24.3 Å². The third kappa shape index (κ3) is 7.86. The largest absolute Gasteiger partial charge is 0.486 e. The summed E-state index contributed by atoms with van der Waals surface area (Å²) >= 11 is 0. The Morgan fingerprint density at radius 1 is 1.05 bits per heavy atom. The molecule has 0 aliphatic carbocycles. The molecule has 0 aromatic heterocycles. The molecule has 2 aromatic rings. The van der Waals surface area contributed by atoms with Gasteiger partial charge in [0.25, 0.3) is 0 Å². The zero-order valence-electron chi connectivity index (χ0n) is 23.1. The summed E-state index contributed by atoms with van der Waals surface area (Å²) in [6, 6.07) is 12.0. The van der Waals surface area contributed by atoms with E-state index >= 15 is 0 Å². The number of sulfonamides is 1. The molecule has 0 saturated heterocycles. The lowest BCUT2D eigenvalue weighted by Crippen LogP contribution is -2.52. The van der Waals surface area contributed by atoms with Gasteiger partial charge in [-0.25, -0.2) is 8.42 Å². The van der Waals surface area contributed by atoms with E-state index in [1.165, 1.54) is 4.31 Å². The molecule has 1 aliphatic rings. The topological polar surface area (TPSA) is 105 Å². The van der Waals surface area contributed by atoms with Crippen LogP contribution < -0.4 is 19.1 Å². The van der Waals surface area contributed by atoms with Gasteiger partial charge in [-0.3, -0.25) is 13.9 Å². The minimum absolute atomic E-state index is 0.0790. The summed E-state index contributed by atoms with van der Waals surface area (Å²) < 4.78 is 37.7. The van der Waals surface area contributed by atoms with Crippen LogP contribution >= 0.6 is 0 Å². The highest BCUT2D eigenvalue weighted by atomic mass is 32.2. The van der Waals surface area contributed by atoms with Crippen molar-refractivity contribution in [3.05, 3.63) is 53.6 Å². The van der Waals surface area contributed by atoms with E-state index in [1.54, 1.807) is 30.0 Å². The quantitative estimate of drug-likeness (QED) is 0.489. The maximum Gasteiger partial charge on any atom is 0.242 e. The molecular formula is C28H39N3O6S. The third-order valence-electron chi connectivity index (χ3n) is 6.23. The average Bonchev–Trinajstić information content (AvgIpc) is 2.83. The molecule has 2 aromatic carbocycles. The number of fused-ring (bicyclic) bond motifs is 1. The Balaban J connectivity index is 1.76. The molecule has 3 rings (SSSR count). The van der Waals surface area contributed by atoms with Crippen molar-refractivity contribution in [3.63, 3.8) is 0 Å². The molecule has 10 heteroatoms. The molecule has 38 heavy (non-hydrogen) atoms. The Morgan fingerprint density at radius 2 is 1.71 bits per heavy atom. The number of carbonyl (C=O) groups is 2. The van der Waals surface area contributed by atoms with Gasteiger partial charge in [-0.2, -0.15) is 0 Å². The van der Waals surface area contributed by atoms with Gasteiger partial charge in [0.15, 0.2) is 11.5 Å². The fraction of sp³-hybridized carbons (Fsp3) is 0.500. The SMILES string of the molecule is Cc1ccccc1CN(C(=O)CCCN(c1ccc2c(c1)OCCO2)S(C)(=O)=O)[C@H](C)C(=O)NC(C)(C)C. The van der Waals surface area contributed by atoms with Crippen molar-refractivity contribution in [2.75, 3.05) is 30.3 Å². The number of benzene rings is 2. The molecule has 9 nitrogen and oxygen atoms in total. The Morgan fingerprint density at radius 3 is 2.34 bits per heavy atom. The van der Waals surface area contributed by atoms with Crippen LogP contribution in [-0.4, -0.2) is 62.7 Å². The Hall–Kier alpha value is -3.27. The number of ether oxygens (including phenoxy) is 2. The van der Waals surface area contributed by atoms with Gasteiger partial charge in [0.1, 0.15) is 19.3 Å². The minimum atomic E-state index is -3.62. The fourth-order valence-electron chi connectivity index (χ4n) is 4.22. The number of aryl methyl sites for hydroxylation is 1. The second-order valence-electron chi connectivity index (χ2n) is 10.6. The maximum atomic E-state index is 13.5. The highest BCUT2D eigenvalue weighted by Crippen LogP contribution is 2.34. The first-order valence-electron chi connectivity index (χ1n) is 12.8. The number of hydrogen-bond donors (Lipinski definition) is 1. The first-order chi connectivity index (χ1) is 17.8. The molecule has 1 N–H and O–H groups in total. The fourth-order valence-corrected chi connectivity index (χ4v) is 5.18. The van der Waals surface area contributed by atoms with Gasteiger partial charge in [0, 0.05) is 31.1 Å². The van der Waals surface area contributed by atoms with E-state index in [2.05, 4.69) is 5.32 Å². The number of amides is 2. The highest BCUT2D eigenvalue weighted by Gasteiger charge is 2.29. The van der Waals surface area contributed by atoms with Crippen LogP contribution in [0.15, 0.2) is 42.5 Å². The molecule has 0 saturated carbocycles. The van der Waals surface area contributed by atoms with E-state index in [4.69, 9.17) is 9.47 Å². The van der Waals surface area contributed by atoms with E-state index in [1.807, 2.05) is 52.0 Å². The number of carbonyl (C=O) groups excluding carboxylic acids is 2. The predicted octanol–water partition coefficient (Wildman–Crippen LogP) is 3.64. The summed E-state index contributed by atoms with van der Waals surface area (Å²) in [4.78, 5) is 28.0. The second kappa shape index (κ2) is 12.1. The first-order valence-corrected chi connectivity index (χ1v) is 14.6. The third-order valence-corrected chi connectivity index (χ3v) is 7.43. The standard InChI is InChI=1S/C28H39N3O6S/c1-20-10-7-8-11-22(20)19-30(21(2)27(33)29-28(3,4)5)26(32)12-9-15-31(38(6,34)35)23-13-14-24-25(18-23)37-17-16-36-24/h7-8,10-11,13-14,18,21H,9,12,15-17,19H2,1-6H3,(H,29,33)/t21-/m1/s1. The summed E-state index contributed by atoms with van der Waals surface area (Å²) in [5.74, 6) is 0.591. The van der Waals surface area contributed by atoms with E-state index in [-0.39, 0.29) is 37.7 Å². The van der Waals surface area contributed by atoms with Crippen molar-refractivity contribution in [1.29, 1.82) is 0 Å². The van der Waals surface area contributed by atoms with Gasteiger partial charge in [0.05, 0.1) is 11.9 Å². The molecule has 0 unspecified atom stereocenters. The van der Waals surface area contributed by atoms with Crippen LogP contribution in [0.25, 0.3) is 0 Å². The van der Waals surface area contributed by atoms with Crippen molar-refractivity contribution < 1.29 is 27.5 Å². The number of hydrogen-bond acceptors (Lipinski definition) is 6. The van der Waals surface area contributed by atoms with E-state index < -0.39 is 21.6 Å². The minimum Gasteiger partial charge on any atom is -0.486 e. The van der Waals surface area contributed by atoms with Crippen molar-refractivity contribution in [3.8, 4) is 11.5 Å². The first kappa shape index (κ1) is 29.3. The van der Waals surface area contributed by atoms with Crippen LogP contribution in [0.1, 0.15) is 51.7 Å². The Bertz CT molecular complexity index is 1260. The van der Waals surface area contributed by atoms with Crippen molar-refractivity contribution >= 4 is 27.5 Å². The molecule has 0 bridgehead atoms. The molecule has 1 atom stereocenters. The normalized spacial score (nSPS) is 13.9. The van der Waals surface area contributed by atoms with Gasteiger partial charge in [-0.15, -0.1) is 0 Å². The summed E-state index contributed by atoms with van der Waals surface area (Å²) in [6.07, 6.45) is 1.49. The van der Waals surface area contributed by atoms with Gasteiger partial charge < -0.3 is 19.7 Å². The van der Waals surface area contributed by atoms with Crippen LogP contribution in [-0.2, 0) is 26.2 Å². The second-order valence-corrected chi connectivity index (χ2v) is 12.5. The number of anilines is 1. The lowest BCUT2D eigenvalue weighted by molar-refractivity contribution is -0.141. The highest BCUT2D eigenvalue weighted by molar-refractivity contribution is 7.92. The molecule has 0 radical (unpaired) electrons. The summed E-state index contributed by atoms with van der Waals surface area (Å²) in [5, 5.41) is 2.95. The van der Waals surface area contributed by atoms with Gasteiger partial charge in [0.2, 0.25) is 21.8 Å². The van der Waals surface area contributed by atoms with E-state index in [9.17, 15) is 18.0 Å². The van der Waals surface area contributed by atoms with E-state index in [0.29, 0.717) is 30.4 Å². The van der Waals surface area contributed by atoms with Gasteiger partial charge in [-0.05, 0) is 64.3 Å². The van der Waals surface area contributed by atoms with E-state index in [0.717, 1.165) is 17.4 Å². The van der Waals surface area contributed by atoms with Crippen LogP contribution in [0.4, 0.5) is 5.69 Å². The Kier molecular flexibility index (Phi) is 9.30. The molecular weight excluding hydrogens is 506 g/mol. The predicted molar refractivity (Wildman–Crippen MR) is 148 cm³/mol. The Labute approximate surface area is 226 Å². The monoisotopic (exact) mass is 545 g/mol. The van der Waals surface area contributed by atoms with Crippen LogP contribution in [0.3, 0.4) is 0 Å².